The van der Waals surface area contributed by atoms with Crippen LogP contribution in [-0.4, -0.2) is 54.7 Å². The number of carbonyl (C=O) groups excluding carboxylic acids is 1. The summed E-state index contributed by atoms with van der Waals surface area (Å²) in [6, 6.07) is -0.749. The van der Waals surface area contributed by atoms with Crippen LogP contribution >= 0.6 is 11.8 Å². The Morgan fingerprint density at radius 1 is 1.39 bits per heavy atom. The third-order valence-corrected chi connectivity index (χ3v) is 2.40. The van der Waals surface area contributed by atoms with Gasteiger partial charge in [-0.3, -0.25) is 0 Å². The number of hydrogen-bond acceptors (Lipinski definition) is 4. The molecule has 0 saturated carbocycles. The first kappa shape index (κ1) is 16.8. The van der Waals surface area contributed by atoms with E-state index in [0.29, 0.717) is 0 Å². The number of methoxy groups -OCH3 is 1. The van der Waals surface area contributed by atoms with Crippen LogP contribution in [0.2, 0.25) is 0 Å². The summed E-state index contributed by atoms with van der Waals surface area (Å²) in [4.78, 5) is 21.5. The first-order valence-electron chi connectivity index (χ1n) is 4.74. The molecule has 0 heterocycles. The maximum atomic E-state index is 11.7. The quantitative estimate of drug-likeness (QED) is 0.599. The van der Waals surface area contributed by atoms with E-state index in [-0.39, 0.29) is 30.6 Å². The SMILES string of the molecule is COC(CNC(=O)NCCSC(F)(F)F)C(=O)O. The summed E-state index contributed by atoms with van der Waals surface area (Å²) in [5, 5.41) is 12.9. The number of hydrogen-bond donors (Lipinski definition) is 3. The maximum absolute atomic E-state index is 11.7. The second-order valence-electron chi connectivity index (χ2n) is 2.99. The highest BCUT2D eigenvalue weighted by atomic mass is 32.2. The minimum Gasteiger partial charge on any atom is -0.479 e. The van der Waals surface area contributed by atoms with Gasteiger partial charge >= 0.3 is 17.5 Å². The molecular formula is C8H13F3N2O4S. The number of halogens is 3. The number of rotatable bonds is 7. The summed E-state index contributed by atoms with van der Waals surface area (Å²) in [6.07, 6.45) is -1.19. The molecule has 0 spiro atoms. The summed E-state index contributed by atoms with van der Waals surface area (Å²) in [6.45, 7) is -0.454. The third kappa shape index (κ3) is 8.93. The van der Waals surface area contributed by atoms with Crippen molar-refractivity contribution >= 4 is 23.8 Å². The average molecular weight is 290 g/mol. The number of ether oxygens (including phenoxy) is 1. The van der Waals surface area contributed by atoms with Crippen molar-refractivity contribution in [2.24, 2.45) is 0 Å². The molecule has 0 saturated heterocycles. The van der Waals surface area contributed by atoms with E-state index in [4.69, 9.17) is 5.11 Å². The molecule has 3 N–H and O–H groups in total. The highest BCUT2D eigenvalue weighted by molar-refractivity contribution is 8.00. The molecule has 1 unspecified atom stereocenters. The molecule has 0 aliphatic heterocycles. The summed E-state index contributed by atoms with van der Waals surface area (Å²) in [5.41, 5.74) is -4.33. The molecule has 106 valence electrons. The van der Waals surface area contributed by atoms with Gasteiger partial charge in [0.15, 0.2) is 6.10 Å². The molecule has 2 amide bonds. The number of urea groups is 1. The second kappa shape index (κ2) is 8.03. The minimum absolute atomic E-state index is 0.180. The highest BCUT2D eigenvalue weighted by Crippen LogP contribution is 2.29. The Labute approximate surface area is 105 Å². The van der Waals surface area contributed by atoms with E-state index in [1.807, 2.05) is 0 Å². The lowest BCUT2D eigenvalue weighted by Crippen LogP contribution is -2.43. The fourth-order valence-electron chi connectivity index (χ4n) is 0.851. The lowest BCUT2D eigenvalue weighted by molar-refractivity contribution is -0.148. The van der Waals surface area contributed by atoms with Crippen molar-refractivity contribution in [1.82, 2.24) is 10.6 Å². The number of amides is 2. The minimum atomic E-state index is -4.33. The van der Waals surface area contributed by atoms with Gasteiger partial charge in [-0.05, 0) is 11.8 Å². The van der Waals surface area contributed by atoms with Gasteiger partial charge in [-0.1, -0.05) is 0 Å². The van der Waals surface area contributed by atoms with E-state index in [2.05, 4.69) is 15.4 Å². The van der Waals surface area contributed by atoms with Crippen molar-refractivity contribution < 1.29 is 32.6 Å². The smallest absolute Gasteiger partial charge is 0.441 e. The van der Waals surface area contributed by atoms with E-state index in [9.17, 15) is 22.8 Å². The van der Waals surface area contributed by atoms with Crippen molar-refractivity contribution in [2.75, 3.05) is 26.0 Å². The van der Waals surface area contributed by atoms with Gasteiger partial charge < -0.3 is 20.5 Å². The predicted octanol–water partition coefficient (Wildman–Crippen LogP) is 0.638. The first-order chi connectivity index (χ1) is 8.26. The van der Waals surface area contributed by atoms with E-state index in [0.717, 1.165) is 0 Å². The normalized spacial score (nSPS) is 12.9. The molecule has 0 fully saturated rings. The second-order valence-corrected chi connectivity index (χ2v) is 4.15. The monoisotopic (exact) mass is 290 g/mol. The lowest BCUT2D eigenvalue weighted by Gasteiger charge is -2.12. The molecule has 0 aromatic heterocycles. The predicted molar refractivity (Wildman–Crippen MR) is 58.3 cm³/mol. The van der Waals surface area contributed by atoms with Crippen LogP contribution in [0.1, 0.15) is 0 Å². The summed E-state index contributed by atoms with van der Waals surface area (Å²) in [7, 11) is 1.17. The molecule has 0 aliphatic carbocycles. The Bertz CT molecular complexity index is 288. The van der Waals surface area contributed by atoms with E-state index < -0.39 is 23.6 Å². The summed E-state index contributed by atoms with van der Waals surface area (Å²) < 4.78 is 39.7. The molecule has 0 bridgehead atoms. The van der Waals surface area contributed by atoms with Crippen molar-refractivity contribution in [3.05, 3.63) is 0 Å². The van der Waals surface area contributed by atoms with Crippen LogP contribution < -0.4 is 10.6 Å². The Kier molecular flexibility index (Phi) is 7.51. The molecule has 0 aromatic rings. The fraction of sp³-hybridized carbons (Fsp3) is 0.750. The zero-order chi connectivity index (χ0) is 14.2. The van der Waals surface area contributed by atoms with Gasteiger partial charge in [0.2, 0.25) is 0 Å². The Morgan fingerprint density at radius 3 is 2.44 bits per heavy atom. The Balaban J connectivity index is 3.69. The van der Waals surface area contributed by atoms with Gasteiger partial charge in [0, 0.05) is 19.4 Å². The molecule has 0 aliphatic rings. The number of carboxylic acids is 1. The van der Waals surface area contributed by atoms with Crippen molar-refractivity contribution in [1.29, 1.82) is 0 Å². The average Bonchev–Trinajstić information content (AvgIpc) is 2.23. The van der Waals surface area contributed by atoms with E-state index in [1.54, 1.807) is 0 Å². The third-order valence-electron chi connectivity index (χ3n) is 1.66. The molecule has 0 rings (SSSR count). The fourth-order valence-corrected chi connectivity index (χ4v) is 1.29. The number of carbonyl (C=O) groups is 2. The molecule has 0 aromatic carbocycles. The first-order valence-corrected chi connectivity index (χ1v) is 5.73. The molecule has 10 heteroatoms. The molecule has 0 radical (unpaired) electrons. The van der Waals surface area contributed by atoms with Crippen LogP contribution in [0.3, 0.4) is 0 Å². The number of alkyl halides is 3. The van der Waals surface area contributed by atoms with Crippen LogP contribution in [0.4, 0.5) is 18.0 Å². The molecule has 6 nitrogen and oxygen atoms in total. The number of aliphatic carboxylic acids is 1. The van der Waals surface area contributed by atoms with Crippen molar-refractivity contribution in [3.8, 4) is 0 Å². The van der Waals surface area contributed by atoms with Gasteiger partial charge in [-0.25, -0.2) is 9.59 Å². The van der Waals surface area contributed by atoms with Crippen molar-refractivity contribution in [2.45, 2.75) is 11.6 Å². The highest BCUT2D eigenvalue weighted by Gasteiger charge is 2.27. The van der Waals surface area contributed by atoms with Gasteiger partial charge in [-0.2, -0.15) is 13.2 Å². The Hall–Kier alpha value is -1.16. The van der Waals surface area contributed by atoms with Gasteiger partial charge in [0.05, 0.1) is 6.54 Å². The standard InChI is InChI=1S/C8H13F3N2O4S/c1-17-5(6(14)15)4-13-7(16)12-2-3-18-8(9,10)11/h5H,2-4H2,1H3,(H,14,15)(H2,12,13,16). The van der Waals surface area contributed by atoms with Crippen molar-refractivity contribution in [3.63, 3.8) is 0 Å². The van der Waals surface area contributed by atoms with Gasteiger partial charge in [0.1, 0.15) is 0 Å². The number of nitrogens with one attached hydrogen (secondary N) is 2. The zero-order valence-electron chi connectivity index (χ0n) is 9.41. The number of carboxylic acid groups (broad SMARTS) is 1. The van der Waals surface area contributed by atoms with Crippen LogP contribution in [0.25, 0.3) is 0 Å². The zero-order valence-corrected chi connectivity index (χ0v) is 10.2. The van der Waals surface area contributed by atoms with Crippen LogP contribution in [-0.2, 0) is 9.53 Å². The summed E-state index contributed by atoms with van der Waals surface area (Å²) in [5.74, 6) is -1.56. The van der Waals surface area contributed by atoms with Crippen LogP contribution in [0.15, 0.2) is 0 Å². The van der Waals surface area contributed by atoms with Gasteiger partial charge in [-0.15, -0.1) is 0 Å². The molecule has 18 heavy (non-hydrogen) atoms. The number of thioether (sulfide) groups is 1. The summed E-state index contributed by atoms with van der Waals surface area (Å²) >= 11 is -0.252. The van der Waals surface area contributed by atoms with E-state index in [1.165, 1.54) is 7.11 Å². The van der Waals surface area contributed by atoms with Crippen LogP contribution in [0.5, 0.6) is 0 Å². The Morgan fingerprint density at radius 2 is 2.00 bits per heavy atom. The molecule has 1 atom stereocenters. The van der Waals surface area contributed by atoms with Crippen LogP contribution in [0, 0.1) is 0 Å². The van der Waals surface area contributed by atoms with E-state index >= 15 is 0 Å². The largest absolute Gasteiger partial charge is 0.479 e. The molecular weight excluding hydrogens is 277 g/mol. The van der Waals surface area contributed by atoms with Gasteiger partial charge in [0.25, 0.3) is 0 Å². The maximum Gasteiger partial charge on any atom is 0.441 e. The topological polar surface area (TPSA) is 87.7 Å². The lowest BCUT2D eigenvalue weighted by atomic mass is 10.3.